The fraction of sp³-hybridized carbons (Fsp3) is 0.312. The maximum atomic E-state index is 12.5. The lowest BCUT2D eigenvalue weighted by molar-refractivity contribution is -0.128. The summed E-state index contributed by atoms with van der Waals surface area (Å²) < 4.78 is 0. The van der Waals surface area contributed by atoms with Gasteiger partial charge in [-0.25, -0.2) is 0 Å². The molecule has 1 aromatic carbocycles. The Morgan fingerprint density at radius 1 is 1.32 bits per heavy atom. The zero-order valence-corrected chi connectivity index (χ0v) is 12.3. The molecular weight excluding hydrogens is 282 g/mol. The summed E-state index contributed by atoms with van der Waals surface area (Å²) in [6.45, 7) is 2.40. The van der Waals surface area contributed by atoms with E-state index in [2.05, 4.69) is 10.3 Å². The van der Waals surface area contributed by atoms with E-state index in [4.69, 9.17) is 0 Å². The number of fused-ring (bicyclic) bond motifs is 1. The largest absolute Gasteiger partial charge is 0.361 e. The molecule has 1 aliphatic heterocycles. The van der Waals surface area contributed by atoms with Crippen LogP contribution in [0.5, 0.6) is 0 Å². The van der Waals surface area contributed by atoms with Crippen LogP contribution in [0.25, 0.3) is 10.9 Å². The van der Waals surface area contributed by atoms with Gasteiger partial charge in [0, 0.05) is 42.2 Å². The van der Waals surface area contributed by atoms with Crippen LogP contribution in [-0.2, 0) is 14.4 Å². The van der Waals surface area contributed by atoms with E-state index in [0.29, 0.717) is 6.54 Å². The maximum Gasteiger partial charge on any atom is 0.230 e. The van der Waals surface area contributed by atoms with Gasteiger partial charge in [-0.15, -0.1) is 0 Å². The second kappa shape index (κ2) is 5.63. The molecule has 114 valence electrons. The van der Waals surface area contributed by atoms with Crippen molar-refractivity contribution < 1.29 is 14.4 Å². The Morgan fingerprint density at radius 3 is 2.82 bits per heavy atom. The van der Waals surface area contributed by atoms with Crippen LogP contribution in [0.1, 0.15) is 19.8 Å². The van der Waals surface area contributed by atoms with E-state index in [1.165, 1.54) is 0 Å². The Bertz CT molecular complexity index is 750. The number of aromatic amines is 1. The van der Waals surface area contributed by atoms with Gasteiger partial charge in [0.05, 0.1) is 5.92 Å². The SMILES string of the molecule is CCN(C(=O)CC1CC(=O)NC1=O)c1ccc2[nH]ccc2c1. The third-order valence-electron chi connectivity index (χ3n) is 3.95. The van der Waals surface area contributed by atoms with Crippen molar-refractivity contribution in [2.24, 2.45) is 5.92 Å². The molecule has 1 aromatic heterocycles. The van der Waals surface area contributed by atoms with E-state index < -0.39 is 5.92 Å². The number of imide groups is 1. The summed E-state index contributed by atoms with van der Waals surface area (Å²) in [4.78, 5) is 40.0. The molecule has 2 N–H and O–H groups in total. The Hall–Kier alpha value is -2.63. The van der Waals surface area contributed by atoms with Crippen LogP contribution in [0.3, 0.4) is 0 Å². The van der Waals surface area contributed by atoms with Crippen molar-refractivity contribution in [2.75, 3.05) is 11.4 Å². The lowest BCUT2D eigenvalue weighted by atomic mass is 10.0. The van der Waals surface area contributed by atoms with E-state index in [1.807, 2.05) is 37.4 Å². The minimum absolute atomic E-state index is 0.0522. The predicted molar refractivity (Wildman–Crippen MR) is 82.2 cm³/mol. The normalized spacial score (nSPS) is 17.8. The molecule has 0 saturated carbocycles. The van der Waals surface area contributed by atoms with E-state index in [-0.39, 0.29) is 30.6 Å². The van der Waals surface area contributed by atoms with Crippen LogP contribution in [0.15, 0.2) is 30.5 Å². The summed E-state index contributed by atoms with van der Waals surface area (Å²) >= 11 is 0. The molecule has 1 aliphatic rings. The molecule has 1 atom stereocenters. The first-order valence-electron chi connectivity index (χ1n) is 7.29. The summed E-state index contributed by atoms with van der Waals surface area (Å²) in [5, 5.41) is 3.26. The summed E-state index contributed by atoms with van der Waals surface area (Å²) in [7, 11) is 0. The number of carbonyl (C=O) groups is 3. The zero-order valence-electron chi connectivity index (χ0n) is 12.3. The molecule has 0 aliphatic carbocycles. The van der Waals surface area contributed by atoms with Gasteiger partial charge in [-0.05, 0) is 31.2 Å². The molecule has 2 heterocycles. The number of carbonyl (C=O) groups excluding carboxylic acids is 3. The number of rotatable bonds is 4. The number of amides is 3. The predicted octanol–water partition coefficient (Wildman–Crippen LogP) is 1.57. The lowest BCUT2D eigenvalue weighted by Gasteiger charge is -2.22. The van der Waals surface area contributed by atoms with Gasteiger partial charge >= 0.3 is 0 Å². The monoisotopic (exact) mass is 299 g/mol. The second-order valence-electron chi connectivity index (χ2n) is 5.40. The number of hydrogen-bond donors (Lipinski definition) is 2. The van der Waals surface area contributed by atoms with Gasteiger partial charge in [0.15, 0.2) is 0 Å². The summed E-state index contributed by atoms with van der Waals surface area (Å²) in [6, 6.07) is 7.68. The van der Waals surface area contributed by atoms with Gasteiger partial charge in [-0.1, -0.05) is 0 Å². The van der Waals surface area contributed by atoms with E-state index in [1.54, 1.807) is 4.90 Å². The maximum absolute atomic E-state index is 12.5. The minimum atomic E-state index is -0.551. The molecule has 1 fully saturated rings. The van der Waals surface area contributed by atoms with Crippen molar-refractivity contribution >= 4 is 34.3 Å². The van der Waals surface area contributed by atoms with Crippen LogP contribution >= 0.6 is 0 Å². The number of H-pyrrole nitrogens is 1. The minimum Gasteiger partial charge on any atom is -0.361 e. The first-order chi connectivity index (χ1) is 10.6. The Kier molecular flexibility index (Phi) is 3.66. The van der Waals surface area contributed by atoms with Crippen LogP contribution < -0.4 is 10.2 Å². The molecule has 2 aromatic rings. The van der Waals surface area contributed by atoms with Crippen LogP contribution in [0.4, 0.5) is 5.69 Å². The topological polar surface area (TPSA) is 82.3 Å². The van der Waals surface area contributed by atoms with Gasteiger partial charge in [0.1, 0.15) is 0 Å². The summed E-state index contributed by atoms with van der Waals surface area (Å²) in [6.07, 6.45) is 2.00. The average molecular weight is 299 g/mol. The van der Waals surface area contributed by atoms with Crippen LogP contribution in [-0.4, -0.2) is 29.3 Å². The van der Waals surface area contributed by atoms with Gasteiger partial charge in [0.25, 0.3) is 0 Å². The van der Waals surface area contributed by atoms with Crippen molar-refractivity contribution in [1.82, 2.24) is 10.3 Å². The van der Waals surface area contributed by atoms with Crippen molar-refractivity contribution in [3.05, 3.63) is 30.5 Å². The van der Waals surface area contributed by atoms with E-state index in [0.717, 1.165) is 16.6 Å². The molecule has 3 amide bonds. The molecule has 6 nitrogen and oxygen atoms in total. The lowest BCUT2D eigenvalue weighted by Crippen LogP contribution is -2.33. The Morgan fingerprint density at radius 2 is 2.14 bits per heavy atom. The quantitative estimate of drug-likeness (QED) is 0.841. The molecule has 0 radical (unpaired) electrons. The fourth-order valence-electron chi connectivity index (χ4n) is 2.80. The van der Waals surface area contributed by atoms with Crippen molar-refractivity contribution in [2.45, 2.75) is 19.8 Å². The number of nitrogens with zero attached hydrogens (tertiary/aromatic N) is 1. The standard InChI is InChI=1S/C16H17N3O3/c1-2-19(12-3-4-13-10(7-12)5-6-17-13)15(21)9-11-8-14(20)18-16(11)22/h3-7,11,17H,2,8-9H2,1H3,(H,18,20,22). The molecule has 22 heavy (non-hydrogen) atoms. The second-order valence-corrected chi connectivity index (χ2v) is 5.40. The third-order valence-corrected chi connectivity index (χ3v) is 3.95. The van der Waals surface area contributed by atoms with Gasteiger partial charge in [-0.2, -0.15) is 0 Å². The molecule has 3 rings (SSSR count). The van der Waals surface area contributed by atoms with E-state index in [9.17, 15) is 14.4 Å². The Labute approximate surface area is 127 Å². The number of benzene rings is 1. The van der Waals surface area contributed by atoms with Gasteiger partial charge in [-0.3, -0.25) is 19.7 Å². The van der Waals surface area contributed by atoms with E-state index >= 15 is 0 Å². The number of anilines is 1. The summed E-state index contributed by atoms with van der Waals surface area (Å²) in [5.41, 5.74) is 1.80. The average Bonchev–Trinajstić information content (AvgIpc) is 3.06. The molecular formula is C16H17N3O3. The summed E-state index contributed by atoms with van der Waals surface area (Å²) in [5.74, 6) is -1.35. The molecule has 0 bridgehead atoms. The number of nitrogens with one attached hydrogen (secondary N) is 2. The first kappa shape index (κ1) is 14.3. The fourth-order valence-corrected chi connectivity index (χ4v) is 2.80. The van der Waals surface area contributed by atoms with Crippen molar-refractivity contribution in [3.63, 3.8) is 0 Å². The number of hydrogen-bond acceptors (Lipinski definition) is 3. The number of aromatic nitrogens is 1. The van der Waals surface area contributed by atoms with Crippen molar-refractivity contribution in [3.8, 4) is 0 Å². The smallest absolute Gasteiger partial charge is 0.230 e. The molecule has 1 saturated heterocycles. The van der Waals surface area contributed by atoms with Gasteiger partial charge in [0.2, 0.25) is 17.7 Å². The molecule has 6 heteroatoms. The highest BCUT2D eigenvalue weighted by molar-refractivity contribution is 6.06. The third kappa shape index (κ3) is 2.59. The molecule has 1 unspecified atom stereocenters. The molecule has 0 spiro atoms. The van der Waals surface area contributed by atoms with Crippen molar-refractivity contribution in [1.29, 1.82) is 0 Å². The van der Waals surface area contributed by atoms with Gasteiger partial charge < -0.3 is 9.88 Å². The van der Waals surface area contributed by atoms with Crippen LogP contribution in [0, 0.1) is 5.92 Å². The highest BCUT2D eigenvalue weighted by Gasteiger charge is 2.33. The highest BCUT2D eigenvalue weighted by atomic mass is 16.2. The first-order valence-corrected chi connectivity index (χ1v) is 7.29. The zero-order chi connectivity index (χ0) is 15.7. The highest BCUT2D eigenvalue weighted by Crippen LogP contribution is 2.24. The van der Waals surface area contributed by atoms with Crippen LogP contribution in [0.2, 0.25) is 0 Å². The Balaban J connectivity index is 1.79.